The van der Waals surface area contributed by atoms with Crippen LogP contribution in [0.25, 0.3) is 0 Å². The molecule has 1 aromatic carbocycles. The predicted molar refractivity (Wildman–Crippen MR) is 90.9 cm³/mol. The van der Waals surface area contributed by atoms with Gasteiger partial charge in [-0.15, -0.1) is 0 Å². The fraction of sp³-hybridized carbons (Fsp3) is 0.588. The van der Waals surface area contributed by atoms with Crippen LogP contribution in [0.15, 0.2) is 24.3 Å². The van der Waals surface area contributed by atoms with Gasteiger partial charge in [0.15, 0.2) is 0 Å². The summed E-state index contributed by atoms with van der Waals surface area (Å²) in [4.78, 5) is 16.4. The number of ether oxygens (including phenoxy) is 1. The maximum atomic E-state index is 12.4. The average Bonchev–Trinajstić information content (AvgIpc) is 2.53. The first kappa shape index (κ1) is 18.2. The Balaban J connectivity index is 1.78. The summed E-state index contributed by atoms with van der Waals surface area (Å²) in [5, 5.41) is 10.5. The van der Waals surface area contributed by atoms with Gasteiger partial charge in [-0.05, 0) is 32.0 Å². The number of hydrogen-bond donors (Lipinski definition) is 1. The molecule has 1 saturated heterocycles. The number of rotatable bonds is 6. The van der Waals surface area contributed by atoms with Gasteiger partial charge >= 0.3 is 0 Å². The number of amides is 1. The fourth-order valence-corrected chi connectivity index (χ4v) is 2.78. The van der Waals surface area contributed by atoms with E-state index in [-0.39, 0.29) is 12.0 Å². The molecule has 0 saturated carbocycles. The molecule has 128 valence electrons. The van der Waals surface area contributed by atoms with Gasteiger partial charge in [0.25, 0.3) is 5.91 Å². The van der Waals surface area contributed by atoms with Crippen molar-refractivity contribution in [3.05, 3.63) is 34.9 Å². The van der Waals surface area contributed by atoms with E-state index in [4.69, 9.17) is 16.3 Å². The number of halogens is 1. The molecule has 23 heavy (non-hydrogen) atoms. The van der Waals surface area contributed by atoms with Gasteiger partial charge in [0.1, 0.15) is 0 Å². The van der Waals surface area contributed by atoms with E-state index >= 15 is 0 Å². The first-order valence-electron chi connectivity index (χ1n) is 8.02. The molecule has 1 aliphatic heterocycles. The molecule has 6 heteroatoms. The third kappa shape index (κ3) is 5.77. The second kappa shape index (κ2) is 8.64. The van der Waals surface area contributed by atoms with Gasteiger partial charge in [-0.3, -0.25) is 9.69 Å². The van der Waals surface area contributed by atoms with Gasteiger partial charge in [0.2, 0.25) is 0 Å². The lowest BCUT2D eigenvalue weighted by molar-refractivity contribution is -0.0137. The van der Waals surface area contributed by atoms with Gasteiger partial charge in [0, 0.05) is 43.3 Å². The van der Waals surface area contributed by atoms with Crippen LogP contribution in [0.5, 0.6) is 0 Å². The number of nitrogens with zero attached hydrogens (tertiary/aromatic N) is 2. The SMILES string of the molecule is CC(C)OC[C@@H](O)CN1CCN(C(=O)c2cccc(Cl)c2)CC1. The Morgan fingerprint density at radius 2 is 2.00 bits per heavy atom. The van der Waals surface area contributed by atoms with E-state index in [1.165, 1.54) is 0 Å². The highest BCUT2D eigenvalue weighted by Gasteiger charge is 2.23. The predicted octanol–water partition coefficient (Wildman–Crippen LogP) is 1.88. The van der Waals surface area contributed by atoms with Crippen molar-refractivity contribution in [2.24, 2.45) is 0 Å². The maximum absolute atomic E-state index is 12.4. The zero-order valence-corrected chi connectivity index (χ0v) is 14.5. The van der Waals surface area contributed by atoms with Crippen molar-refractivity contribution >= 4 is 17.5 Å². The molecule has 0 unspecified atom stereocenters. The number of piperazine rings is 1. The zero-order valence-electron chi connectivity index (χ0n) is 13.7. The molecule has 0 bridgehead atoms. The van der Waals surface area contributed by atoms with E-state index in [0.717, 1.165) is 13.1 Å². The van der Waals surface area contributed by atoms with Crippen molar-refractivity contribution < 1.29 is 14.6 Å². The maximum Gasteiger partial charge on any atom is 0.253 e. The molecule has 2 rings (SSSR count). The van der Waals surface area contributed by atoms with Gasteiger partial charge in [-0.1, -0.05) is 17.7 Å². The van der Waals surface area contributed by atoms with E-state index in [0.29, 0.717) is 36.8 Å². The Labute approximate surface area is 142 Å². The van der Waals surface area contributed by atoms with Crippen molar-refractivity contribution in [2.75, 3.05) is 39.3 Å². The lowest BCUT2D eigenvalue weighted by atomic mass is 10.2. The highest BCUT2D eigenvalue weighted by atomic mass is 35.5. The molecule has 0 radical (unpaired) electrons. The van der Waals surface area contributed by atoms with Gasteiger partial charge < -0.3 is 14.7 Å². The van der Waals surface area contributed by atoms with E-state index in [2.05, 4.69) is 4.90 Å². The number of aliphatic hydroxyl groups is 1. The Bertz CT molecular complexity index is 516. The minimum Gasteiger partial charge on any atom is -0.389 e. The summed E-state index contributed by atoms with van der Waals surface area (Å²) >= 11 is 5.94. The van der Waals surface area contributed by atoms with Crippen molar-refractivity contribution in [3.8, 4) is 0 Å². The van der Waals surface area contributed by atoms with Crippen LogP contribution in [0.1, 0.15) is 24.2 Å². The van der Waals surface area contributed by atoms with Gasteiger partial charge in [-0.25, -0.2) is 0 Å². The number of benzene rings is 1. The topological polar surface area (TPSA) is 53.0 Å². The molecule has 1 heterocycles. The van der Waals surface area contributed by atoms with Crippen molar-refractivity contribution in [1.29, 1.82) is 0 Å². The Hall–Kier alpha value is -1.14. The van der Waals surface area contributed by atoms with Crippen LogP contribution in [0.4, 0.5) is 0 Å². The molecule has 1 amide bonds. The molecular weight excluding hydrogens is 316 g/mol. The van der Waals surface area contributed by atoms with E-state index in [9.17, 15) is 9.90 Å². The van der Waals surface area contributed by atoms with Gasteiger partial charge in [0.05, 0.1) is 18.8 Å². The number of carbonyl (C=O) groups excluding carboxylic acids is 1. The quantitative estimate of drug-likeness (QED) is 0.859. The highest BCUT2D eigenvalue weighted by molar-refractivity contribution is 6.30. The molecule has 5 nitrogen and oxygen atoms in total. The molecule has 0 aliphatic carbocycles. The van der Waals surface area contributed by atoms with Crippen LogP contribution in [-0.2, 0) is 4.74 Å². The number of β-amino-alcohol motifs (C(OH)–C–C–N with tert-alkyl or cyclic N) is 1. The first-order chi connectivity index (χ1) is 11.0. The monoisotopic (exact) mass is 340 g/mol. The molecule has 1 aromatic rings. The summed E-state index contributed by atoms with van der Waals surface area (Å²) in [5.74, 6) is 0.0100. The summed E-state index contributed by atoms with van der Waals surface area (Å²) in [6.45, 7) is 7.65. The highest BCUT2D eigenvalue weighted by Crippen LogP contribution is 2.14. The van der Waals surface area contributed by atoms with E-state index in [1.807, 2.05) is 18.7 Å². The van der Waals surface area contributed by atoms with Crippen LogP contribution >= 0.6 is 11.6 Å². The van der Waals surface area contributed by atoms with E-state index in [1.54, 1.807) is 24.3 Å². The smallest absolute Gasteiger partial charge is 0.253 e. The molecule has 1 aliphatic rings. The summed E-state index contributed by atoms with van der Waals surface area (Å²) in [6, 6.07) is 7.03. The second-order valence-corrected chi connectivity index (χ2v) is 6.58. The molecule has 1 N–H and O–H groups in total. The minimum absolute atomic E-state index is 0.0100. The fourth-order valence-electron chi connectivity index (χ4n) is 2.59. The first-order valence-corrected chi connectivity index (χ1v) is 8.40. The average molecular weight is 341 g/mol. The molecule has 0 spiro atoms. The molecule has 1 atom stereocenters. The van der Waals surface area contributed by atoms with Crippen molar-refractivity contribution in [1.82, 2.24) is 9.80 Å². The second-order valence-electron chi connectivity index (χ2n) is 6.14. The summed E-state index contributed by atoms with van der Waals surface area (Å²) in [7, 11) is 0. The number of carbonyl (C=O) groups is 1. The summed E-state index contributed by atoms with van der Waals surface area (Å²) in [6.07, 6.45) is -0.371. The van der Waals surface area contributed by atoms with Crippen LogP contribution in [0.3, 0.4) is 0 Å². The Kier molecular flexibility index (Phi) is 6.84. The lowest BCUT2D eigenvalue weighted by Gasteiger charge is -2.35. The molecule has 1 fully saturated rings. The third-order valence-electron chi connectivity index (χ3n) is 3.82. The number of hydrogen-bond acceptors (Lipinski definition) is 4. The standard InChI is InChI=1S/C17H25ClN2O3/c1-13(2)23-12-16(21)11-19-6-8-20(9-7-19)17(22)14-4-3-5-15(18)10-14/h3-5,10,13,16,21H,6-9,11-12H2,1-2H3/t16-/m0/s1. The van der Waals surface area contributed by atoms with Gasteiger partial charge in [-0.2, -0.15) is 0 Å². The van der Waals surface area contributed by atoms with Crippen molar-refractivity contribution in [2.45, 2.75) is 26.1 Å². The van der Waals surface area contributed by atoms with Crippen LogP contribution < -0.4 is 0 Å². The Morgan fingerprint density at radius 1 is 1.30 bits per heavy atom. The summed E-state index contributed by atoms with van der Waals surface area (Å²) in [5.41, 5.74) is 0.622. The molecule has 0 aromatic heterocycles. The molecular formula is C17H25ClN2O3. The number of aliphatic hydroxyl groups excluding tert-OH is 1. The van der Waals surface area contributed by atoms with Crippen molar-refractivity contribution in [3.63, 3.8) is 0 Å². The summed E-state index contributed by atoms with van der Waals surface area (Å²) < 4.78 is 5.42. The largest absolute Gasteiger partial charge is 0.389 e. The minimum atomic E-state index is -0.493. The normalized spacial score (nSPS) is 17.5. The van der Waals surface area contributed by atoms with E-state index < -0.39 is 6.10 Å². The third-order valence-corrected chi connectivity index (χ3v) is 4.06. The lowest BCUT2D eigenvalue weighted by Crippen LogP contribution is -2.50. The zero-order chi connectivity index (χ0) is 16.8. The Morgan fingerprint density at radius 3 is 2.61 bits per heavy atom. The van der Waals surface area contributed by atoms with Crippen LogP contribution in [-0.4, -0.2) is 72.4 Å². The van der Waals surface area contributed by atoms with Crippen LogP contribution in [0.2, 0.25) is 5.02 Å². The van der Waals surface area contributed by atoms with Crippen LogP contribution in [0, 0.1) is 0 Å².